The minimum absolute atomic E-state index is 0.0255. The Morgan fingerprint density at radius 1 is 1.10 bits per heavy atom. The van der Waals surface area contributed by atoms with E-state index in [-0.39, 0.29) is 23.6 Å². The summed E-state index contributed by atoms with van der Waals surface area (Å²) in [6, 6.07) is 12.3. The van der Waals surface area contributed by atoms with Gasteiger partial charge in [0.2, 0.25) is 0 Å². The van der Waals surface area contributed by atoms with Gasteiger partial charge >= 0.3 is 5.97 Å². The van der Waals surface area contributed by atoms with Crippen LogP contribution in [0, 0.1) is 0 Å². The van der Waals surface area contributed by atoms with Gasteiger partial charge in [0.25, 0.3) is 11.5 Å². The number of phenolic OH excluding ortho intramolecular Hbond substituents is 1. The number of nitrogens with one attached hydrogen (secondary N) is 2. The van der Waals surface area contributed by atoms with Crippen LogP contribution in [0.15, 0.2) is 53.3 Å². The largest absolute Gasteiger partial charge is 0.506 e. The third-order valence-electron chi connectivity index (χ3n) is 4.22. The van der Waals surface area contributed by atoms with Crippen molar-refractivity contribution in [3.05, 3.63) is 81.5 Å². The number of carbonyl (C=O) groups excluding carboxylic acids is 1. The molecule has 0 saturated carbocycles. The van der Waals surface area contributed by atoms with Crippen LogP contribution in [0.25, 0.3) is 0 Å². The van der Waals surface area contributed by atoms with Gasteiger partial charge in [-0.15, -0.1) is 0 Å². The van der Waals surface area contributed by atoms with E-state index < -0.39 is 17.4 Å². The number of rotatable bonds is 7. The first-order valence-corrected chi connectivity index (χ1v) is 8.92. The van der Waals surface area contributed by atoms with Crippen molar-refractivity contribution in [1.29, 1.82) is 0 Å². The molecule has 3 rings (SSSR count). The minimum atomic E-state index is -1.04. The Labute approximate surface area is 171 Å². The Morgan fingerprint density at radius 3 is 2.47 bits per heavy atom. The van der Waals surface area contributed by atoms with Crippen LogP contribution in [0.4, 0.5) is 5.69 Å². The van der Waals surface area contributed by atoms with Gasteiger partial charge in [-0.1, -0.05) is 18.2 Å². The number of benzene rings is 2. The number of H-pyrrole nitrogens is 1. The molecule has 9 nitrogen and oxygen atoms in total. The molecular weight excluding hydrogens is 390 g/mol. The van der Waals surface area contributed by atoms with Crippen LogP contribution in [-0.4, -0.2) is 39.2 Å². The zero-order valence-electron chi connectivity index (χ0n) is 16.0. The molecule has 3 aromatic rings. The molecule has 0 atom stereocenters. The number of anilines is 1. The topological polar surface area (TPSA) is 142 Å². The van der Waals surface area contributed by atoms with Crippen LogP contribution in [0.1, 0.15) is 27.4 Å². The fourth-order valence-corrected chi connectivity index (χ4v) is 2.80. The van der Waals surface area contributed by atoms with E-state index in [2.05, 4.69) is 15.3 Å². The standard InChI is InChI=1S/C21H19N3O6/c1-30-14-5-2-12(3-6-14)9-18-22-16(11-19(26)24-18)21(29)23-15-8-13(10-20(27)28)4-7-17(15)25/h2-8,11,25H,9-10H2,1H3,(H,23,29)(H,27,28)(H,22,24,26). The zero-order valence-corrected chi connectivity index (χ0v) is 16.0. The second-order valence-electron chi connectivity index (χ2n) is 6.48. The summed E-state index contributed by atoms with van der Waals surface area (Å²) in [6.07, 6.45) is 0.0259. The lowest BCUT2D eigenvalue weighted by atomic mass is 10.1. The number of aliphatic carboxylic acids is 1. The molecule has 1 heterocycles. The molecule has 0 unspecified atom stereocenters. The SMILES string of the molecule is COc1ccc(Cc2nc(C(=O)Nc3cc(CC(=O)O)ccc3O)cc(=O)[nH]2)cc1. The van der Waals surface area contributed by atoms with E-state index in [1.165, 1.54) is 18.2 Å². The predicted octanol–water partition coefficient (Wildman–Crippen LogP) is 1.95. The van der Waals surface area contributed by atoms with Gasteiger partial charge in [-0.05, 0) is 35.4 Å². The van der Waals surface area contributed by atoms with Gasteiger partial charge < -0.3 is 25.3 Å². The average molecular weight is 409 g/mol. The van der Waals surface area contributed by atoms with E-state index in [0.717, 1.165) is 11.6 Å². The molecule has 2 aromatic carbocycles. The lowest BCUT2D eigenvalue weighted by molar-refractivity contribution is -0.136. The van der Waals surface area contributed by atoms with Crippen molar-refractivity contribution in [2.75, 3.05) is 12.4 Å². The van der Waals surface area contributed by atoms with Crippen LogP contribution < -0.4 is 15.6 Å². The Balaban J connectivity index is 1.81. The summed E-state index contributed by atoms with van der Waals surface area (Å²) in [4.78, 5) is 42.2. The smallest absolute Gasteiger partial charge is 0.307 e. The van der Waals surface area contributed by atoms with Crippen LogP contribution in [0.5, 0.6) is 11.5 Å². The zero-order chi connectivity index (χ0) is 21.7. The number of aromatic amines is 1. The molecular formula is C21H19N3O6. The molecule has 0 aliphatic carbocycles. The molecule has 1 amide bonds. The Hall–Kier alpha value is -4.14. The van der Waals surface area contributed by atoms with Crippen molar-refractivity contribution in [2.45, 2.75) is 12.8 Å². The summed E-state index contributed by atoms with van der Waals surface area (Å²) >= 11 is 0. The van der Waals surface area contributed by atoms with Crippen molar-refractivity contribution in [1.82, 2.24) is 9.97 Å². The maximum atomic E-state index is 12.6. The maximum absolute atomic E-state index is 12.6. The molecule has 0 saturated heterocycles. The van der Waals surface area contributed by atoms with E-state index in [4.69, 9.17) is 9.84 Å². The van der Waals surface area contributed by atoms with E-state index >= 15 is 0 Å². The number of aromatic hydroxyl groups is 1. The Bertz CT molecular complexity index is 1140. The van der Waals surface area contributed by atoms with E-state index in [9.17, 15) is 19.5 Å². The first-order valence-electron chi connectivity index (χ1n) is 8.92. The number of methoxy groups -OCH3 is 1. The van der Waals surface area contributed by atoms with Gasteiger partial charge in [-0.2, -0.15) is 0 Å². The number of hydrogen-bond donors (Lipinski definition) is 4. The summed E-state index contributed by atoms with van der Waals surface area (Å²) in [5.74, 6) is -1.00. The average Bonchev–Trinajstić information content (AvgIpc) is 2.70. The number of hydrogen-bond acceptors (Lipinski definition) is 6. The van der Waals surface area contributed by atoms with Crippen molar-refractivity contribution in [3.63, 3.8) is 0 Å². The van der Waals surface area contributed by atoms with Gasteiger partial charge in [0.1, 0.15) is 23.0 Å². The number of nitrogens with zero attached hydrogens (tertiary/aromatic N) is 1. The molecule has 0 aliphatic rings. The molecule has 9 heteroatoms. The highest BCUT2D eigenvalue weighted by Crippen LogP contribution is 2.25. The summed E-state index contributed by atoms with van der Waals surface area (Å²) in [5.41, 5.74) is 0.649. The summed E-state index contributed by atoms with van der Waals surface area (Å²) in [6.45, 7) is 0. The molecule has 0 radical (unpaired) electrons. The summed E-state index contributed by atoms with van der Waals surface area (Å²) in [7, 11) is 1.56. The number of aromatic nitrogens is 2. The minimum Gasteiger partial charge on any atom is -0.506 e. The lowest BCUT2D eigenvalue weighted by Crippen LogP contribution is -2.20. The van der Waals surface area contributed by atoms with Crippen molar-refractivity contribution in [3.8, 4) is 11.5 Å². The first kappa shape index (κ1) is 20.6. The van der Waals surface area contributed by atoms with Crippen LogP contribution >= 0.6 is 0 Å². The summed E-state index contributed by atoms with van der Waals surface area (Å²) in [5, 5.41) is 21.3. The number of amides is 1. The lowest BCUT2D eigenvalue weighted by Gasteiger charge is -2.09. The molecule has 0 bridgehead atoms. The fraction of sp³-hybridized carbons (Fsp3) is 0.143. The Morgan fingerprint density at radius 2 is 1.80 bits per heavy atom. The second-order valence-corrected chi connectivity index (χ2v) is 6.48. The maximum Gasteiger partial charge on any atom is 0.307 e. The number of ether oxygens (including phenoxy) is 1. The van der Waals surface area contributed by atoms with Crippen molar-refractivity contribution >= 4 is 17.6 Å². The highest BCUT2D eigenvalue weighted by Gasteiger charge is 2.14. The van der Waals surface area contributed by atoms with Crippen LogP contribution in [0.3, 0.4) is 0 Å². The molecule has 154 valence electrons. The monoisotopic (exact) mass is 409 g/mol. The van der Waals surface area contributed by atoms with Crippen LogP contribution in [-0.2, 0) is 17.6 Å². The third-order valence-corrected chi connectivity index (χ3v) is 4.22. The first-order chi connectivity index (χ1) is 14.3. The molecule has 0 aliphatic heterocycles. The van der Waals surface area contributed by atoms with Crippen molar-refractivity contribution in [2.24, 2.45) is 0 Å². The third kappa shape index (κ3) is 5.22. The van der Waals surface area contributed by atoms with Crippen LogP contribution in [0.2, 0.25) is 0 Å². The highest BCUT2D eigenvalue weighted by atomic mass is 16.5. The van der Waals surface area contributed by atoms with E-state index in [1.807, 2.05) is 12.1 Å². The van der Waals surface area contributed by atoms with Gasteiger partial charge in [0.05, 0.1) is 19.2 Å². The molecule has 0 fully saturated rings. The number of carbonyl (C=O) groups is 2. The Kier molecular flexibility index (Phi) is 6.11. The van der Waals surface area contributed by atoms with E-state index in [0.29, 0.717) is 23.6 Å². The van der Waals surface area contributed by atoms with Gasteiger partial charge in [-0.3, -0.25) is 14.4 Å². The second kappa shape index (κ2) is 8.91. The fourth-order valence-electron chi connectivity index (χ4n) is 2.80. The molecule has 4 N–H and O–H groups in total. The van der Waals surface area contributed by atoms with Gasteiger partial charge in [0, 0.05) is 12.5 Å². The summed E-state index contributed by atoms with van der Waals surface area (Å²) < 4.78 is 5.11. The predicted molar refractivity (Wildman–Crippen MR) is 108 cm³/mol. The van der Waals surface area contributed by atoms with Gasteiger partial charge in [-0.25, -0.2) is 4.98 Å². The van der Waals surface area contributed by atoms with Crippen molar-refractivity contribution < 1.29 is 24.5 Å². The number of carboxylic acids is 1. The van der Waals surface area contributed by atoms with Gasteiger partial charge in [0.15, 0.2) is 0 Å². The number of phenols is 1. The molecule has 0 spiro atoms. The highest BCUT2D eigenvalue weighted by molar-refractivity contribution is 6.03. The quantitative estimate of drug-likeness (QED) is 0.437. The normalized spacial score (nSPS) is 10.4. The molecule has 30 heavy (non-hydrogen) atoms. The number of carboxylic acid groups (broad SMARTS) is 1. The molecule has 1 aromatic heterocycles. The van der Waals surface area contributed by atoms with E-state index in [1.54, 1.807) is 19.2 Å².